The van der Waals surface area contributed by atoms with Gasteiger partial charge in [-0.05, 0) is 64.0 Å². The van der Waals surface area contributed by atoms with E-state index in [2.05, 4.69) is 130 Å². The van der Waals surface area contributed by atoms with Crippen molar-refractivity contribution < 1.29 is 0 Å². The van der Waals surface area contributed by atoms with Gasteiger partial charge in [0.15, 0.2) is 0 Å². The van der Waals surface area contributed by atoms with E-state index in [0.29, 0.717) is 0 Å². The number of benzene rings is 5. The minimum atomic E-state index is 1.19. The predicted octanol–water partition coefficient (Wildman–Crippen LogP) is 9.73. The van der Waals surface area contributed by atoms with Gasteiger partial charge in [-0.3, -0.25) is 0 Å². The van der Waals surface area contributed by atoms with Crippen molar-refractivity contribution in [2.24, 2.45) is 0 Å². The highest BCUT2D eigenvalue weighted by atomic mass is 32.1. The van der Waals surface area contributed by atoms with Crippen LogP contribution >= 0.6 is 11.3 Å². The predicted molar refractivity (Wildman–Crippen MR) is 160 cm³/mol. The minimum absolute atomic E-state index is 1.19. The van der Waals surface area contributed by atoms with Gasteiger partial charge in [-0.2, -0.15) is 0 Å². The molecule has 37 heavy (non-hydrogen) atoms. The average Bonchev–Trinajstić information content (AvgIpc) is 3.59. The van der Waals surface area contributed by atoms with Gasteiger partial charge in [-0.25, -0.2) is 0 Å². The molecule has 0 N–H and O–H groups in total. The van der Waals surface area contributed by atoms with Crippen LogP contribution in [0, 0.1) is 0 Å². The summed E-state index contributed by atoms with van der Waals surface area (Å²) in [5.41, 5.74) is 7.44. The third-order valence-corrected chi connectivity index (χ3v) is 9.06. The summed E-state index contributed by atoms with van der Waals surface area (Å²) >= 11 is 1.92. The van der Waals surface area contributed by atoms with Crippen LogP contribution in [0.2, 0.25) is 0 Å². The fourth-order valence-electron chi connectivity index (χ4n) is 6.22. The Bertz CT molecular complexity index is 2250. The number of fused-ring (bicyclic) bond motifs is 16. The lowest BCUT2D eigenvalue weighted by atomic mass is 10.1. The summed E-state index contributed by atoms with van der Waals surface area (Å²) in [5.74, 6) is 0. The summed E-state index contributed by atoms with van der Waals surface area (Å²) in [4.78, 5) is 0. The van der Waals surface area contributed by atoms with Gasteiger partial charge in [-0.15, -0.1) is 11.3 Å². The van der Waals surface area contributed by atoms with Crippen LogP contribution in [0.25, 0.3) is 74.8 Å². The Labute approximate surface area is 215 Å². The van der Waals surface area contributed by atoms with Crippen LogP contribution in [0.15, 0.2) is 121 Å². The van der Waals surface area contributed by atoms with Gasteiger partial charge < -0.3 is 8.80 Å². The van der Waals surface area contributed by atoms with E-state index in [9.17, 15) is 0 Å². The normalized spacial score (nSPS) is 12.3. The van der Waals surface area contributed by atoms with Gasteiger partial charge >= 0.3 is 0 Å². The van der Waals surface area contributed by atoms with Gasteiger partial charge in [0.2, 0.25) is 0 Å². The highest BCUT2D eigenvalue weighted by Gasteiger charge is 2.20. The third-order valence-electron chi connectivity index (χ3n) is 7.82. The first-order valence-corrected chi connectivity index (χ1v) is 13.4. The van der Waals surface area contributed by atoms with Crippen molar-refractivity contribution in [1.82, 2.24) is 8.80 Å². The minimum Gasteiger partial charge on any atom is -0.306 e. The molecule has 0 saturated heterocycles. The number of rotatable bonds is 0. The Morgan fingerprint density at radius 1 is 0.405 bits per heavy atom. The summed E-state index contributed by atoms with van der Waals surface area (Å²) < 4.78 is 7.65. The van der Waals surface area contributed by atoms with Crippen LogP contribution in [0.5, 0.6) is 0 Å². The third kappa shape index (κ3) is 2.54. The molecule has 0 aliphatic heterocycles. The lowest BCUT2D eigenvalue weighted by molar-refractivity contribution is 1.31. The van der Waals surface area contributed by atoms with E-state index in [1.165, 1.54) is 74.8 Å². The summed E-state index contributed by atoms with van der Waals surface area (Å²) in [7, 11) is 0. The quantitative estimate of drug-likeness (QED) is 0.201. The second-order valence-corrected chi connectivity index (χ2v) is 10.9. The molecule has 0 aliphatic rings. The second kappa shape index (κ2) is 7.00. The molecule has 4 aromatic heterocycles. The molecule has 6 bridgehead atoms. The van der Waals surface area contributed by atoms with Gasteiger partial charge in [0.25, 0.3) is 0 Å². The Kier molecular flexibility index (Phi) is 3.70. The van der Waals surface area contributed by atoms with Crippen molar-refractivity contribution in [1.29, 1.82) is 0 Å². The van der Waals surface area contributed by atoms with Crippen molar-refractivity contribution in [3.63, 3.8) is 0 Å². The molecule has 0 aliphatic carbocycles. The molecule has 5 aromatic carbocycles. The standard InChI is InChI=1S/C34H20N2S/c1-3-16-29-27(14-1)33-31-32-34(37-33)28-15-2-4-17-30(28)36(32)26-13-7-11-24(20-26)22-9-5-8-21(18-22)23-10-6-12-25(19-23)35(29)31/h1-20H. The van der Waals surface area contributed by atoms with E-state index in [1.54, 1.807) is 0 Å². The smallest absolute Gasteiger partial charge is 0.0899 e. The van der Waals surface area contributed by atoms with E-state index in [1.807, 2.05) is 11.3 Å². The Morgan fingerprint density at radius 2 is 0.838 bits per heavy atom. The van der Waals surface area contributed by atoms with Crippen LogP contribution in [0.3, 0.4) is 0 Å². The zero-order valence-corrected chi connectivity index (χ0v) is 20.7. The highest BCUT2D eigenvalue weighted by Crippen LogP contribution is 2.45. The summed E-state index contributed by atoms with van der Waals surface area (Å²) in [6.45, 7) is 0. The molecule has 2 nitrogen and oxygen atoms in total. The maximum atomic E-state index is 2.48. The molecular weight excluding hydrogens is 468 g/mol. The number of hydrogen-bond acceptors (Lipinski definition) is 1. The molecule has 3 heteroatoms. The van der Waals surface area contributed by atoms with Crippen LogP contribution in [0.1, 0.15) is 0 Å². The number of nitrogens with zero attached hydrogens (tertiary/aromatic N) is 2. The molecule has 0 spiro atoms. The lowest BCUT2D eigenvalue weighted by Crippen LogP contribution is -1.88. The Balaban J connectivity index is 1.74. The van der Waals surface area contributed by atoms with Crippen LogP contribution in [-0.2, 0) is 0 Å². The van der Waals surface area contributed by atoms with E-state index >= 15 is 0 Å². The molecule has 0 atom stereocenters. The van der Waals surface area contributed by atoms with Crippen LogP contribution < -0.4 is 0 Å². The van der Waals surface area contributed by atoms with Gasteiger partial charge in [0.1, 0.15) is 0 Å². The molecule has 0 fully saturated rings. The average molecular weight is 489 g/mol. The molecule has 0 amide bonds. The van der Waals surface area contributed by atoms with Gasteiger partial charge in [0.05, 0.1) is 31.5 Å². The zero-order valence-electron chi connectivity index (χ0n) is 19.8. The van der Waals surface area contributed by atoms with Crippen LogP contribution in [0.4, 0.5) is 0 Å². The highest BCUT2D eigenvalue weighted by molar-refractivity contribution is 7.27. The van der Waals surface area contributed by atoms with Crippen molar-refractivity contribution in [3.05, 3.63) is 121 Å². The first kappa shape index (κ1) is 19.6. The maximum absolute atomic E-state index is 2.48. The molecule has 9 rings (SSSR count). The monoisotopic (exact) mass is 488 g/mol. The number of para-hydroxylation sites is 2. The molecule has 0 radical (unpaired) electrons. The molecule has 0 unspecified atom stereocenters. The number of thiophene rings is 1. The molecule has 4 heterocycles. The van der Waals surface area contributed by atoms with E-state index < -0.39 is 0 Å². The maximum Gasteiger partial charge on any atom is 0.0899 e. The first-order chi connectivity index (χ1) is 18.3. The molecule has 172 valence electrons. The fraction of sp³-hybridized carbons (Fsp3) is 0. The molecule has 0 saturated carbocycles. The first-order valence-electron chi connectivity index (χ1n) is 12.6. The topological polar surface area (TPSA) is 8.82 Å². The SMILES string of the molecule is c1cc2cc(c1)c1cccc(c1)n1c3ccccc3c3sc4c5ccccc5n(c5cccc2c5)c4c31. The van der Waals surface area contributed by atoms with Gasteiger partial charge in [0, 0.05) is 21.8 Å². The molecular formula is C34H20N2S. The largest absolute Gasteiger partial charge is 0.306 e. The summed E-state index contributed by atoms with van der Waals surface area (Å²) in [6, 6.07) is 44.6. The second-order valence-electron chi connectivity index (χ2n) is 9.84. The van der Waals surface area contributed by atoms with Crippen molar-refractivity contribution in [2.45, 2.75) is 0 Å². The Hall–Kier alpha value is -4.60. The van der Waals surface area contributed by atoms with Gasteiger partial charge in [-0.1, -0.05) is 78.9 Å². The lowest BCUT2D eigenvalue weighted by Gasteiger charge is -2.02. The van der Waals surface area contributed by atoms with Crippen molar-refractivity contribution in [2.75, 3.05) is 0 Å². The molecule has 9 aromatic rings. The fourth-order valence-corrected chi connectivity index (χ4v) is 7.56. The van der Waals surface area contributed by atoms with E-state index in [0.717, 1.165) is 0 Å². The zero-order chi connectivity index (χ0) is 24.1. The van der Waals surface area contributed by atoms with E-state index in [4.69, 9.17) is 0 Å². The summed E-state index contributed by atoms with van der Waals surface area (Å²) in [6.07, 6.45) is 0. The Morgan fingerprint density at radius 3 is 1.35 bits per heavy atom. The number of hydrogen-bond donors (Lipinski definition) is 0. The summed E-state index contributed by atoms with van der Waals surface area (Å²) in [5, 5.41) is 7.54. The number of aromatic nitrogens is 2. The van der Waals surface area contributed by atoms with E-state index in [-0.39, 0.29) is 0 Å². The van der Waals surface area contributed by atoms with Crippen LogP contribution in [-0.4, -0.2) is 8.80 Å². The van der Waals surface area contributed by atoms with Crippen molar-refractivity contribution >= 4 is 86.2 Å². The van der Waals surface area contributed by atoms with Crippen molar-refractivity contribution in [3.8, 4) is 0 Å².